The second-order valence-electron chi connectivity index (χ2n) is 1.88. The fourth-order valence-electron chi connectivity index (χ4n) is 0.719. The Morgan fingerprint density at radius 3 is 3.27 bits per heavy atom. The summed E-state index contributed by atoms with van der Waals surface area (Å²) in [4.78, 5) is 3.76. The first-order valence-corrected chi connectivity index (χ1v) is 3.59. The van der Waals surface area contributed by atoms with Crippen molar-refractivity contribution in [3.8, 4) is 0 Å². The van der Waals surface area contributed by atoms with Gasteiger partial charge in [0.25, 0.3) is 0 Å². The van der Waals surface area contributed by atoms with Crippen molar-refractivity contribution in [2.75, 3.05) is 5.73 Å². The molecule has 0 unspecified atom stereocenters. The first-order valence-electron chi connectivity index (χ1n) is 4.30. The molecule has 0 aliphatic heterocycles. The van der Waals surface area contributed by atoms with Gasteiger partial charge in [0.2, 0.25) is 5.95 Å². The van der Waals surface area contributed by atoms with Gasteiger partial charge in [0.15, 0.2) is 5.65 Å². The summed E-state index contributed by atoms with van der Waals surface area (Å²) in [6.07, 6.45) is -0.0369. The number of hydrogen-bond donors (Lipinski definition) is 1. The van der Waals surface area contributed by atoms with Gasteiger partial charge in [-0.3, -0.25) is 0 Å². The van der Waals surface area contributed by atoms with Crippen molar-refractivity contribution in [3.05, 3.63) is 22.7 Å². The molecule has 4 nitrogen and oxygen atoms in total. The number of anilines is 1. The van der Waals surface area contributed by atoms with Gasteiger partial charge in [0, 0.05) is 10.6 Å². The van der Waals surface area contributed by atoms with Crippen LogP contribution in [-0.2, 0) is 0 Å². The van der Waals surface area contributed by atoms with Crippen molar-refractivity contribution >= 4 is 27.5 Å². The highest BCUT2D eigenvalue weighted by molar-refractivity contribution is 9.10. The predicted molar refractivity (Wildman–Crippen MR) is 45.1 cm³/mol. The lowest BCUT2D eigenvalue weighted by Gasteiger charge is -1.89. The maximum atomic E-state index is 7.59. The van der Waals surface area contributed by atoms with Gasteiger partial charge < -0.3 is 5.73 Å². The number of fused-ring (bicyclic) bond motifs is 1. The lowest BCUT2D eigenvalue weighted by molar-refractivity contribution is 0.963. The van der Waals surface area contributed by atoms with Gasteiger partial charge in [0.05, 0.1) is 4.11 Å². The number of pyridine rings is 1. The smallest absolute Gasteiger partial charge is 0.240 e. The van der Waals surface area contributed by atoms with Crippen molar-refractivity contribution in [1.82, 2.24) is 14.6 Å². The third-order valence-corrected chi connectivity index (χ3v) is 1.49. The maximum absolute atomic E-state index is 7.59. The summed E-state index contributed by atoms with van der Waals surface area (Å²) in [7, 11) is 0. The molecule has 0 spiro atoms. The molecule has 2 aromatic heterocycles. The molecule has 11 heavy (non-hydrogen) atoms. The lowest BCUT2D eigenvalue weighted by Crippen LogP contribution is -1.88. The van der Waals surface area contributed by atoms with E-state index in [1.165, 1.54) is 0 Å². The summed E-state index contributed by atoms with van der Waals surface area (Å²) < 4.78 is 24.0. The van der Waals surface area contributed by atoms with Gasteiger partial charge >= 0.3 is 0 Å². The Bertz CT molecular complexity index is 479. The normalized spacial score (nSPS) is 14.5. The number of nitrogens with two attached hydrogens (primary N) is 1. The topological polar surface area (TPSA) is 56.2 Å². The Labute approximate surface area is 75.4 Å². The molecule has 2 heterocycles. The monoisotopic (exact) mass is 215 g/mol. The van der Waals surface area contributed by atoms with Crippen LogP contribution >= 0.6 is 15.9 Å². The van der Waals surface area contributed by atoms with Crippen LogP contribution in [0.15, 0.2) is 22.7 Å². The first kappa shape index (κ1) is 4.06. The van der Waals surface area contributed by atoms with Crippen LogP contribution in [0.4, 0.5) is 5.95 Å². The second-order valence-corrected chi connectivity index (χ2v) is 2.67. The lowest BCUT2D eigenvalue weighted by atomic mass is 10.5. The number of aromatic nitrogens is 3. The van der Waals surface area contributed by atoms with E-state index >= 15 is 0 Å². The molecule has 0 radical (unpaired) electrons. The summed E-state index contributed by atoms with van der Waals surface area (Å²) in [6, 6.07) is -0.188. The molecule has 2 aromatic rings. The molecule has 0 bridgehead atoms. The van der Waals surface area contributed by atoms with E-state index in [4.69, 9.17) is 9.85 Å². The molecule has 56 valence electrons. The minimum Gasteiger partial charge on any atom is -0.366 e. The largest absolute Gasteiger partial charge is 0.366 e. The zero-order valence-corrected chi connectivity index (χ0v) is 6.88. The van der Waals surface area contributed by atoms with Crippen molar-refractivity contribution in [2.45, 2.75) is 0 Å². The summed E-state index contributed by atoms with van der Waals surface area (Å²) >= 11 is 3.04. The third-order valence-electron chi connectivity index (χ3n) is 1.11. The van der Waals surface area contributed by atoms with Crippen LogP contribution in [0.1, 0.15) is 4.11 Å². The fourth-order valence-corrected chi connectivity index (χ4v) is 0.986. The van der Waals surface area contributed by atoms with Crippen LogP contribution in [0.2, 0.25) is 0 Å². The van der Waals surface area contributed by atoms with Crippen LogP contribution in [-0.4, -0.2) is 14.6 Å². The average Bonchev–Trinajstić information content (AvgIpc) is 2.54. The molecule has 0 atom stereocenters. The van der Waals surface area contributed by atoms with Crippen LogP contribution in [0.5, 0.6) is 0 Å². The van der Waals surface area contributed by atoms with Crippen molar-refractivity contribution in [1.29, 1.82) is 0 Å². The molecule has 0 saturated carbocycles. The fraction of sp³-hybridized carbons (Fsp3) is 0. The highest BCUT2D eigenvalue weighted by Crippen LogP contribution is 2.10. The van der Waals surface area contributed by atoms with E-state index in [0.29, 0.717) is 0 Å². The van der Waals surface area contributed by atoms with Gasteiger partial charge in [-0.25, -0.2) is 4.52 Å². The Hall–Kier alpha value is -1.10. The van der Waals surface area contributed by atoms with Crippen LogP contribution in [0.3, 0.4) is 0 Å². The standard InChI is InChI=1S/C6H5BrN4/c7-4-1-2-5-9-6(8)10-11(5)3-4/h1-3H,(H2,8,10)/i1D,2D,3D. The van der Waals surface area contributed by atoms with Gasteiger partial charge in [0.1, 0.15) is 0 Å². The highest BCUT2D eigenvalue weighted by atomic mass is 79.9. The van der Waals surface area contributed by atoms with E-state index in [-0.39, 0.29) is 34.3 Å². The zero-order valence-electron chi connectivity index (χ0n) is 8.30. The first-order chi connectivity index (χ1) is 6.52. The Balaban J connectivity index is 3.01. The molecular formula is C6H5BrN4. The Kier molecular flexibility index (Phi) is 0.811. The van der Waals surface area contributed by atoms with E-state index in [1.807, 2.05) is 0 Å². The van der Waals surface area contributed by atoms with Crippen LogP contribution in [0.25, 0.3) is 5.65 Å². The van der Waals surface area contributed by atoms with E-state index in [9.17, 15) is 0 Å². The van der Waals surface area contributed by atoms with Crippen molar-refractivity contribution in [2.24, 2.45) is 0 Å². The van der Waals surface area contributed by atoms with E-state index in [2.05, 4.69) is 26.0 Å². The minimum atomic E-state index is -0.0999. The number of hydrogen-bond acceptors (Lipinski definition) is 3. The van der Waals surface area contributed by atoms with Gasteiger partial charge in [-0.05, 0) is 28.0 Å². The third kappa shape index (κ3) is 1.07. The molecule has 0 saturated heterocycles. The van der Waals surface area contributed by atoms with Crippen LogP contribution < -0.4 is 5.73 Å². The average molecular weight is 216 g/mol. The van der Waals surface area contributed by atoms with E-state index in [1.54, 1.807) is 0 Å². The number of nitrogen functional groups attached to an aromatic ring is 1. The minimum absolute atomic E-state index is 0.00972. The molecule has 0 aromatic carbocycles. The molecule has 5 heteroatoms. The highest BCUT2D eigenvalue weighted by Gasteiger charge is 1.97. The summed E-state index contributed by atoms with van der Waals surface area (Å²) in [5, 5.41) is 3.74. The Morgan fingerprint density at radius 1 is 1.64 bits per heavy atom. The SMILES string of the molecule is [2H]c1c(Br)c([2H])n2nc(N)nc2c1[2H]. The summed E-state index contributed by atoms with van der Waals surface area (Å²) in [5.74, 6) is -0.00972. The van der Waals surface area contributed by atoms with Crippen molar-refractivity contribution in [3.63, 3.8) is 0 Å². The van der Waals surface area contributed by atoms with Crippen LogP contribution in [0, 0.1) is 0 Å². The van der Waals surface area contributed by atoms with Crippen molar-refractivity contribution < 1.29 is 4.11 Å². The second kappa shape index (κ2) is 2.20. The molecule has 0 fully saturated rings. The number of halogens is 1. The molecular weight excluding hydrogens is 208 g/mol. The molecule has 2 N–H and O–H groups in total. The van der Waals surface area contributed by atoms with Gasteiger partial charge in [-0.1, -0.05) is 0 Å². The molecule has 0 amide bonds. The number of nitrogens with zero attached hydrogens (tertiary/aromatic N) is 3. The van der Waals surface area contributed by atoms with Gasteiger partial charge in [-0.15, -0.1) is 5.10 Å². The zero-order chi connectivity index (χ0) is 10.5. The van der Waals surface area contributed by atoms with E-state index in [0.717, 1.165) is 4.52 Å². The molecule has 2 rings (SSSR count). The summed E-state index contributed by atoms with van der Waals surface area (Å²) in [5.41, 5.74) is 5.47. The maximum Gasteiger partial charge on any atom is 0.240 e. The van der Waals surface area contributed by atoms with Gasteiger partial charge in [-0.2, -0.15) is 4.98 Å². The number of rotatable bonds is 0. The molecule has 0 aliphatic rings. The Morgan fingerprint density at radius 2 is 2.45 bits per heavy atom. The predicted octanol–water partition coefficient (Wildman–Crippen LogP) is 1.07. The molecule has 0 aliphatic carbocycles. The summed E-state index contributed by atoms with van der Waals surface area (Å²) in [6.45, 7) is 0. The quantitative estimate of drug-likeness (QED) is 0.716. The van der Waals surface area contributed by atoms with E-state index < -0.39 is 0 Å².